The van der Waals surface area contributed by atoms with Gasteiger partial charge in [-0.25, -0.2) is 0 Å². The summed E-state index contributed by atoms with van der Waals surface area (Å²) in [6.07, 6.45) is 0.975. The third-order valence-electron chi connectivity index (χ3n) is 4.09. The SMILES string of the molecule is Cc1ccc(CCNC(=S)NCc2ccc(C(C)(C)C)cc2)cc1. The minimum atomic E-state index is 0.193. The molecule has 0 aliphatic heterocycles. The Kier molecular flexibility index (Phi) is 6.38. The van der Waals surface area contributed by atoms with E-state index in [-0.39, 0.29) is 5.41 Å². The first-order chi connectivity index (χ1) is 11.3. The number of thiocarbonyl (C=S) groups is 1. The summed E-state index contributed by atoms with van der Waals surface area (Å²) >= 11 is 5.35. The van der Waals surface area contributed by atoms with Crippen molar-refractivity contribution in [1.29, 1.82) is 0 Å². The van der Waals surface area contributed by atoms with Crippen LogP contribution in [0, 0.1) is 6.92 Å². The van der Waals surface area contributed by atoms with Crippen molar-refractivity contribution >= 4 is 17.3 Å². The van der Waals surface area contributed by atoms with Gasteiger partial charge in [-0.1, -0.05) is 74.9 Å². The van der Waals surface area contributed by atoms with E-state index in [1.54, 1.807) is 0 Å². The van der Waals surface area contributed by atoms with Gasteiger partial charge in [-0.2, -0.15) is 0 Å². The summed E-state index contributed by atoms with van der Waals surface area (Å²) in [4.78, 5) is 0. The second-order valence-electron chi connectivity index (χ2n) is 7.29. The number of rotatable bonds is 5. The van der Waals surface area contributed by atoms with Crippen LogP contribution in [0.2, 0.25) is 0 Å². The minimum absolute atomic E-state index is 0.193. The van der Waals surface area contributed by atoms with E-state index in [1.807, 2.05) is 0 Å². The fourth-order valence-electron chi connectivity index (χ4n) is 2.44. The zero-order chi connectivity index (χ0) is 17.6. The predicted octanol–water partition coefficient (Wildman–Crippen LogP) is 4.50. The molecule has 0 amide bonds. The fourth-order valence-corrected chi connectivity index (χ4v) is 2.62. The molecule has 0 saturated heterocycles. The van der Waals surface area contributed by atoms with Crippen LogP contribution in [0.4, 0.5) is 0 Å². The van der Waals surface area contributed by atoms with Crippen molar-refractivity contribution in [3.8, 4) is 0 Å². The van der Waals surface area contributed by atoms with Crippen LogP contribution in [0.5, 0.6) is 0 Å². The highest BCUT2D eigenvalue weighted by Crippen LogP contribution is 2.22. The van der Waals surface area contributed by atoms with Gasteiger partial charge >= 0.3 is 0 Å². The van der Waals surface area contributed by atoms with E-state index < -0.39 is 0 Å². The Bertz CT molecular complexity index is 652. The van der Waals surface area contributed by atoms with E-state index in [2.05, 4.69) is 86.9 Å². The van der Waals surface area contributed by atoms with Crippen molar-refractivity contribution in [3.05, 3.63) is 70.8 Å². The number of hydrogen-bond acceptors (Lipinski definition) is 1. The Morgan fingerprint density at radius 2 is 1.46 bits per heavy atom. The molecule has 2 aromatic carbocycles. The van der Waals surface area contributed by atoms with Crippen LogP contribution in [-0.2, 0) is 18.4 Å². The third-order valence-corrected chi connectivity index (χ3v) is 4.38. The number of benzene rings is 2. The van der Waals surface area contributed by atoms with Crippen LogP contribution in [0.25, 0.3) is 0 Å². The van der Waals surface area contributed by atoms with Crippen LogP contribution in [0.3, 0.4) is 0 Å². The summed E-state index contributed by atoms with van der Waals surface area (Å²) in [5, 5.41) is 7.26. The van der Waals surface area contributed by atoms with Crippen molar-refractivity contribution in [2.45, 2.75) is 46.1 Å². The molecule has 24 heavy (non-hydrogen) atoms. The molecule has 0 saturated carbocycles. The van der Waals surface area contributed by atoms with Gasteiger partial charge in [0.15, 0.2) is 5.11 Å². The van der Waals surface area contributed by atoms with Gasteiger partial charge in [-0.05, 0) is 47.7 Å². The monoisotopic (exact) mass is 340 g/mol. The van der Waals surface area contributed by atoms with Crippen LogP contribution in [-0.4, -0.2) is 11.7 Å². The highest BCUT2D eigenvalue weighted by atomic mass is 32.1. The topological polar surface area (TPSA) is 24.1 Å². The lowest BCUT2D eigenvalue weighted by Gasteiger charge is -2.19. The van der Waals surface area contributed by atoms with Gasteiger partial charge in [0.2, 0.25) is 0 Å². The minimum Gasteiger partial charge on any atom is -0.362 e. The summed E-state index contributed by atoms with van der Waals surface area (Å²) in [6, 6.07) is 17.4. The van der Waals surface area contributed by atoms with Gasteiger partial charge in [0, 0.05) is 13.1 Å². The van der Waals surface area contributed by atoms with Gasteiger partial charge in [0.05, 0.1) is 0 Å². The summed E-state index contributed by atoms with van der Waals surface area (Å²) in [5.74, 6) is 0. The van der Waals surface area contributed by atoms with E-state index >= 15 is 0 Å². The molecule has 2 rings (SSSR count). The Morgan fingerprint density at radius 3 is 2.04 bits per heavy atom. The first-order valence-electron chi connectivity index (χ1n) is 8.51. The summed E-state index contributed by atoms with van der Waals surface area (Å²) in [7, 11) is 0. The van der Waals surface area contributed by atoms with E-state index in [1.165, 1.54) is 22.3 Å². The van der Waals surface area contributed by atoms with Crippen LogP contribution in [0.1, 0.15) is 43.0 Å². The zero-order valence-electron chi connectivity index (χ0n) is 15.1. The second kappa shape index (κ2) is 8.29. The molecule has 0 heterocycles. The average Bonchev–Trinajstić information content (AvgIpc) is 2.54. The van der Waals surface area contributed by atoms with E-state index in [0.29, 0.717) is 5.11 Å². The number of nitrogens with one attached hydrogen (secondary N) is 2. The number of hydrogen-bond donors (Lipinski definition) is 2. The zero-order valence-corrected chi connectivity index (χ0v) is 16.0. The molecule has 0 aliphatic carbocycles. The van der Waals surface area contributed by atoms with Crippen LogP contribution >= 0.6 is 12.2 Å². The van der Waals surface area contributed by atoms with Crippen molar-refractivity contribution in [2.24, 2.45) is 0 Å². The largest absolute Gasteiger partial charge is 0.362 e. The molecule has 2 aromatic rings. The smallest absolute Gasteiger partial charge is 0.166 e. The highest BCUT2D eigenvalue weighted by molar-refractivity contribution is 7.80. The molecule has 0 aliphatic rings. The second-order valence-corrected chi connectivity index (χ2v) is 7.70. The predicted molar refractivity (Wildman–Crippen MR) is 107 cm³/mol. The molecule has 0 fully saturated rings. The average molecular weight is 341 g/mol. The van der Waals surface area contributed by atoms with Crippen LogP contribution in [0.15, 0.2) is 48.5 Å². The van der Waals surface area contributed by atoms with Crippen molar-refractivity contribution < 1.29 is 0 Å². The Labute approximate surface area is 151 Å². The lowest BCUT2D eigenvalue weighted by atomic mass is 9.87. The summed E-state index contributed by atoms with van der Waals surface area (Å²) in [6.45, 7) is 10.4. The maximum absolute atomic E-state index is 5.35. The lowest BCUT2D eigenvalue weighted by Crippen LogP contribution is -2.35. The molecule has 0 bridgehead atoms. The first kappa shape index (κ1) is 18.5. The van der Waals surface area contributed by atoms with Crippen molar-refractivity contribution in [3.63, 3.8) is 0 Å². The molecule has 3 heteroatoms. The molecule has 128 valence electrons. The van der Waals surface area contributed by atoms with Gasteiger partial charge in [0.1, 0.15) is 0 Å². The molecular weight excluding hydrogens is 312 g/mol. The third kappa shape index (κ3) is 5.97. The lowest BCUT2D eigenvalue weighted by molar-refractivity contribution is 0.590. The Morgan fingerprint density at radius 1 is 0.875 bits per heavy atom. The molecule has 0 radical (unpaired) electrons. The van der Waals surface area contributed by atoms with Gasteiger partial charge in [-0.3, -0.25) is 0 Å². The molecule has 0 unspecified atom stereocenters. The quantitative estimate of drug-likeness (QED) is 0.784. The van der Waals surface area contributed by atoms with E-state index in [0.717, 1.165) is 19.5 Å². The normalized spacial score (nSPS) is 11.2. The molecule has 0 spiro atoms. The molecule has 2 N–H and O–H groups in total. The molecule has 0 aromatic heterocycles. The number of aryl methyl sites for hydroxylation is 1. The molecule has 2 nitrogen and oxygen atoms in total. The van der Waals surface area contributed by atoms with E-state index in [4.69, 9.17) is 12.2 Å². The van der Waals surface area contributed by atoms with E-state index in [9.17, 15) is 0 Å². The first-order valence-corrected chi connectivity index (χ1v) is 8.92. The Balaban J connectivity index is 1.72. The van der Waals surface area contributed by atoms with Gasteiger partial charge in [0.25, 0.3) is 0 Å². The maximum Gasteiger partial charge on any atom is 0.166 e. The standard InChI is InChI=1S/C21H28N2S/c1-16-5-7-17(8-6-16)13-14-22-20(24)23-15-18-9-11-19(12-10-18)21(2,3)4/h5-12H,13-15H2,1-4H3,(H2,22,23,24). The van der Waals surface area contributed by atoms with Crippen molar-refractivity contribution in [1.82, 2.24) is 10.6 Å². The van der Waals surface area contributed by atoms with Crippen molar-refractivity contribution in [2.75, 3.05) is 6.54 Å². The molecule has 0 atom stereocenters. The summed E-state index contributed by atoms with van der Waals surface area (Å²) < 4.78 is 0. The van der Waals surface area contributed by atoms with Crippen LogP contribution < -0.4 is 10.6 Å². The van der Waals surface area contributed by atoms with Gasteiger partial charge < -0.3 is 10.6 Å². The van der Waals surface area contributed by atoms with Gasteiger partial charge in [-0.15, -0.1) is 0 Å². The maximum atomic E-state index is 5.35. The summed E-state index contributed by atoms with van der Waals surface area (Å²) in [5.41, 5.74) is 5.41. The molecular formula is C21H28N2S. The fraction of sp³-hybridized carbons (Fsp3) is 0.381. The Hall–Kier alpha value is -1.87. The highest BCUT2D eigenvalue weighted by Gasteiger charge is 2.12.